The van der Waals surface area contributed by atoms with Crippen molar-refractivity contribution in [3.8, 4) is 72.5 Å². The summed E-state index contributed by atoms with van der Waals surface area (Å²) >= 11 is 6.31. The van der Waals surface area contributed by atoms with E-state index in [1.54, 1.807) is 31.4 Å². The Bertz CT molecular complexity index is 5540. The van der Waals surface area contributed by atoms with Gasteiger partial charge in [-0.25, -0.2) is 0 Å². The number of nitrogens with zero attached hydrogens (tertiary/aromatic N) is 16. The number of unbranched alkanes of at least 4 members (excludes halogenated alkanes) is 10. The molecule has 0 fully saturated rings. The molecule has 6 aromatic carbocycles. The molecule has 1 heterocycles. The van der Waals surface area contributed by atoms with Crippen LogP contribution in [0.3, 0.4) is 0 Å². The van der Waals surface area contributed by atoms with Crippen LogP contribution in [0.1, 0.15) is 353 Å². The minimum atomic E-state index is -0.253. The highest BCUT2D eigenvalue weighted by atomic mass is 35.5. The number of nitrogens with one attached hydrogen (secondary N) is 1. The lowest BCUT2D eigenvalue weighted by Gasteiger charge is -2.48. The summed E-state index contributed by atoms with van der Waals surface area (Å²) in [5.41, 5.74) is 17.2. The van der Waals surface area contributed by atoms with Gasteiger partial charge in [0.25, 0.3) is 0 Å². The molecule has 0 radical (unpaired) electrons. The molecule has 1 aliphatic heterocycles. The normalized spacial score (nSPS) is 12.0. The number of fused-ring (bicyclic) bond motifs is 1. The number of amides is 1. The summed E-state index contributed by atoms with van der Waals surface area (Å²) in [5.74, 6) is 2.66. The summed E-state index contributed by atoms with van der Waals surface area (Å²) in [6.45, 7) is 54.1. The number of hydrogen-bond acceptors (Lipinski definition) is 19. The van der Waals surface area contributed by atoms with Crippen LogP contribution in [0.4, 0.5) is 39.8 Å². The predicted octanol–water partition coefficient (Wildman–Crippen LogP) is 32.1. The molecule has 1 aliphatic rings. The van der Waals surface area contributed by atoms with Crippen LogP contribution in [0, 0.1) is 169 Å². The number of benzene rings is 6. The van der Waals surface area contributed by atoms with Crippen molar-refractivity contribution >= 4 is 87.2 Å². The SMILES string of the molecule is CC(C)CN(CC(C)C)c1ccc(C=C(C#N)C#N)c(Cl)c1.CCCCC(CC)CN(CCCC)c1ccc(C(C#N)=C(C#N)C#N)c(NC(=O)C(CC)CCCC)c1.CCCCCCN1c2cc(C)c(C=C(C#N)C#N)cc2C(C)CC1(C)C.CCCCCOCCN(c1ccc(C=C(C#N)C#N)c(C)c1)C(CCC)CCC.CCCCc1ccc(N(CCCC)c2cc(C)c(C=C(C#N)C#N)cc2OC)cc1. The van der Waals surface area contributed by atoms with E-state index in [4.69, 9.17) is 63.2 Å². The maximum atomic E-state index is 13.3. The van der Waals surface area contributed by atoms with Crippen LogP contribution < -0.4 is 34.6 Å². The van der Waals surface area contributed by atoms with Gasteiger partial charge in [-0.05, 0) is 289 Å². The molecule has 1 amide bonds. The molecule has 7 rings (SSSR count). The lowest BCUT2D eigenvalue weighted by atomic mass is 9.78. The van der Waals surface area contributed by atoms with Gasteiger partial charge in [-0.1, -0.05) is 243 Å². The third-order valence-electron chi connectivity index (χ3n) is 26.0. The number of nitriles is 11. The van der Waals surface area contributed by atoms with Gasteiger partial charge in [0.2, 0.25) is 5.91 Å². The summed E-state index contributed by atoms with van der Waals surface area (Å²) < 4.78 is 11.6. The van der Waals surface area contributed by atoms with E-state index in [2.05, 4.69) is 209 Å². The number of hydrogen-bond donors (Lipinski definition) is 1. The van der Waals surface area contributed by atoms with E-state index in [9.17, 15) is 20.6 Å². The number of halogens is 1. The van der Waals surface area contributed by atoms with Gasteiger partial charge < -0.3 is 39.3 Å². The molecule has 144 heavy (non-hydrogen) atoms. The van der Waals surface area contributed by atoms with Crippen LogP contribution >= 0.6 is 11.6 Å². The lowest BCUT2D eigenvalue weighted by Crippen LogP contribution is -2.48. The highest BCUT2D eigenvalue weighted by molar-refractivity contribution is 6.32. The van der Waals surface area contributed by atoms with Crippen LogP contribution in [-0.4, -0.2) is 83.6 Å². The van der Waals surface area contributed by atoms with Gasteiger partial charge in [-0.3, -0.25) is 4.79 Å². The Morgan fingerprint density at radius 2 is 0.979 bits per heavy atom. The molecule has 21 heteroatoms. The van der Waals surface area contributed by atoms with Gasteiger partial charge in [-0.2, -0.15) is 57.9 Å². The fraction of sp³-hybridized carbons (Fsp3) is 0.528. The Morgan fingerprint density at radius 1 is 0.479 bits per heavy atom. The monoisotopic (exact) mass is 1960 g/mol. The molecular formula is C123H166ClN17O3. The number of anilines is 7. The van der Waals surface area contributed by atoms with Crippen LogP contribution in [0.25, 0.3) is 29.9 Å². The van der Waals surface area contributed by atoms with E-state index in [0.29, 0.717) is 51.6 Å². The molecule has 3 atom stereocenters. The first-order valence-corrected chi connectivity index (χ1v) is 53.4. The van der Waals surface area contributed by atoms with Gasteiger partial charge in [0.05, 0.1) is 30.7 Å². The summed E-state index contributed by atoms with van der Waals surface area (Å²) in [6, 6.07) is 56.5. The van der Waals surface area contributed by atoms with Crippen molar-refractivity contribution in [1.82, 2.24) is 0 Å². The third-order valence-corrected chi connectivity index (χ3v) is 26.4. The summed E-state index contributed by atoms with van der Waals surface area (Å²) in [5, 5.41) is 104. The maximum absolute atomic E-state index is 13.3. The van der Waals surface area contributed by atoms with Crippen molar-refractivity contribution in [3.05, 3.63) is 192 Å². The quantitative estimate of drug-likeness (QED) is 0.0274. The van der Waals surface area contributed by atoms with Gasteiger partial charge in [-0.15, -0.1) is 0 Å². The lowest BCUT2D eigenvalue weighted by molar-refractivity contribution is -0.120. The first-order valence-electron chi connectivity index (χ1n) is 53.0. The number of methoxy groups -OCH3 is 1. The average Bonchev–Trinajstić information content (AvgIpc) is 0.752. The van der Waals surface area contributed by atoms with Gasteiger partial charge in [0.15, 0.2) is 0 Å². The van der Waals surface area contributed by atoms with Gasteiger partial charge in [0, 0.05) is 109 Å². The largest absolute Gasteiger partial charge is 0.495 e. The zero-order valence-electron chi connectivity index (χ0n) is 91.3. The molecule has 3 unspecified atom stereocenters. The molecular weight excluding hydrogens is 1800 g/mol. The Balaban J connectivity index is 0.000000467. The molecule has 6 aromatic rings. The zero-order valence-corrected chi connectivity index (χ0v) is 92.1. The molecule has 0 bridgehead atoms. The van der Waals surface area contributed by atoms with Crippen molar-refractivity contribution < 1.29 is 14.3 Å². The Kier molecular flexibility index (Phi) is 61.3. The van der Waals surface area contributed by atoms with Crippen molar-refractivity contribution in [2.45, 2.75) is 336 Å². The highest BCUT2D eigenvalue weighted by Crippen LogP contribution is 2.46. The topological polar surface area (TPSA) is 325 Å². The van der Waals surface area contributed by atoms with Crippen molar-refractivity contribution in [2.75, 3.05) is 96.0 Å². The second-order valence-corrected chi connectivity index (χ2v) is 39.5. The van der Waals surface area contributed by atoms with Crippen LogP contribution in [0.5, 0.6) is 5.75 Å². The molecule has 20 nitrogen and oxygen atoms in total. The van der Waals surface area contributed by atoms with E-state index in [1.807, 2.05) is 130 Å². The Labute approximate surface area is 873 Å². The number of ether oxygens (including phenoxy) is 2. The second-order valence-electron chi connectivity index (χ2n) is 39.1. The van der Waals surface area contributed by atoms with Crippen LogP contribution in [0.2, 0.25) is 5.02 Å². The zero-order chi connectivity index (χ0) is 107. The van der Waals surface area contributed by atoms with Crippen LogP contribution in [0.15, 0.2) is 131 Å². The number of aryl methyl sites for hydroxylation is 4. The van der Waals surface area contributed by atoms with Gasteiger partial charge >= 0.3 is 0 Å². The minimum Gasteiger partial charge on any atom is -0.495 e. The number of rotatable bonds is 53. The van der Waals surface area contributed by atoms with Crippen molar-refractivity contribution in [1.29, 1.82) is 57.9 Å². The standard InChI is InChI=1S/C31H45N5O.C26H31N3O.C25H37N3O.C23H31N3.C18H22ClN3/c1-6-11-14-24(9-4)23-36(18-13-8-3)27-16-17-28(29(22-34)26(20-32)21-33)30(19-27)35-31(37)25(10-5)15-12-7-2;1-5-7-9-21-10-12-24(13-11-21)29(14-8-6-2)25-15-20(3)23(17-26(25)30-4)16-22(18-27)19-28;1-5-8-9-15-29-16-14-28(24(10-6-2)11-7-3)25-13-12-23(21(4)17-25)18-22(19-26)20-27;1-6-7-8-9-10-26-22-11-17(2)20(12-19(15-24)16-25)13-21(22)18(3)14-23(26,4)5;1-13(2)11-22(12-14(3)4)17-6-5-16(18(19)8-17)7-15(9-20)10-21/h16-17,19,24-25H,6-15,18,23H2,1-5H3,(H,35,37);10-13,15-17H,5-9,14H2,1-4H3;12-13,17-18,24H,5-11,14-16H2,1-4H3;11-13,18H,6-10,14H2,1-5H3;5-8,13-14H,11-12H2,1-4H3. The summed E-state index contributed by atoms with van der Waals surface area (Å²) in [7, 11) is 1.66. The minimum absolute atomic E-state index is 0.0112. The van der Waals surface area contributed by atoms with Crippen molar-refractivity contribution in [2.24, 2.45) is 23.7 Å². The number of carbonyl (C=O) groups is 1. The van der Waals surface area contributed by atoms with Crippen molar-refractivity contribution in [3.63, 3.8) is 0 Å². The average molecular weight is 1970 g/mol. The molecule has 0 aliphatic carbocycles. The van der Waals surface area contributed by atoms with Crippen LogP contribution in [-0.2, 0) is 16.0 Å². The first kappa shape index (κ1) is 125. The summed E-state index contributed by atoms with van der Waals surface area (Å²) in [4.78, 5) is 25.3. The molecule has 1 N–H and O–H groups in total. The van der Waals surface area contributed by atoms with E-state index < -0.39 is 0 Å². The maximum Gasteiger partial charge on any atom is 0.227 e. The van der Waals surface area contributed by atoms with E-state index in [1.165, 1.54) is 99.2 Å². The highest BCUT2D eigenvalue weighted by Gasteiger charge is 2.37. The molecule has 768 valence electrons. The Morgan fingerprint density at radius 3 is 1.49 bits per heavy atom. The Hall–Kier alpha value is -13.1. The molecule has 0 saturated carbocycles. The van der Waals surface area contributed by atoms with E-state index in [-0.39, 0.29) is 50.8 Å². The first-order chi connectivity index (χ1) is 69.3. The molecule has 0 saturated heterocycles. The fourth-order valence-corrected chi connectivity index (χ4v) is 18.2. The second kappa shape index (κ2) is 70.6. The predicted molar refractivity (Wildman–Crippen MR) is 600 cm³/mol. The molecule has 0 spiro atoms. The number of allylic oxidation sites excluding steroid dienone is 6. The molecule has 0 aromatic heterocycles. The van der Waals surface area contributed by atoms with E-state index in [0.717, 1.165) is 224 Å². The van der Waals surface area contributed by atoms with E-state index >= 15 is 0 Å². The van der Waals surface area contributed by atoms with Gasteiger partial charge in [0.1, 0.15) is 100 Å². The summed E-state index contributed by atoms with van der Waals surface area (Å²) in [6.07, 6.45) is 36.9. The smallest absolute Gasteiger partial charge is 0.227 e. The number of carbonyl (C=O) groups excluding carboxylic acids is 1. The third kappa shape index (κ3) is 42.5. The fourth-order valence-electron chi connectivity index (χ4n) is 18.0.